The summed E-state index contributed by atoms with van der Waals surface area (Å²) in [6.07, 6.45) is 5.49. The van der Waals surface area contributed by atoms with Crippen LogP contribution in [0.4, 0.5) is 5.69 Å². The number of nitrogens with one attached hydrogen (secondary N) is 1. The van der Waals surface area contributed by atoms with Crippen LogP contribution in [-0.2, 0) is 0 Å². The molecule has 1 aliphatic heterocycles. The average molecular weight is 251 g/mol. The third-order valence-corrected chi connectivity index (χ3v) is 3.20. The van der Waals surface area contributed by atoms with E-state index in [0.29, 0.717) is 5.88 Å². The Morgan fingerprint density at radius 1 is 1.35 bits per heavy atom. The van der Waals surface area contributed by atoms with Crippen molar-refractivity contribution >= 4 is 23.0 Å². The second kappa shape index (κ2) is 5.82. The van der Waals surface area contributed by atoms with Gasteiger partial charge in [0.25, 0.3) is 0 Å². The highest BCUT2D eigenvalue weighted by molar-refractivity contribution is 7.80. The Morgan fingerprint density at radius 3 is 2.71 bits per heavy atom. The number of rotatable bonds is 2. The summed E-state index contributed by atoms with van der Waals surface area (Å²) in [6, 6.07) is 3.74. The van der Waals surface area contributed by atoms with Crippen LogP contribution < -0.4 is 10.1 Å². The van der Waals surface area contributed by atoms with Crippen molar-refractivity contribution in [2.24, 2.45) is 0 Å². The van der Waals surface area contributed by atoms with E-state index in [1.54, 1.807) is 13.3 Å². The number of hydrogen-bond acceptors (Lipinski definition) is 3. The largest absolute Gasteiger partial charge is 0.481 e. The molecule has 5 heteroatoms. The summed E-state index contributed by atoms with van der Waals surface area (Å²) in [7, 11) is 1.60. The Bertz CT molecular complexity index is 374. The molecular weight excluding hydrogens is 234 g/mol. The van der Waals surface area contributed by atoms with Crippen molar-refractivity contribution in [2.45, 2.75) is 19.3 Å². The molecule has 1 fully saturated rings. The van der Waals surface area contributed by atoms with Crippen LogP contribution in [0, 0.1) is 0 Å². The molecule has 0 atom stereocenters. The van der Waals surface area contributed by atoms with Crippen molar-refractivity contribution in [1.82, 2.24) is 9.88 Å². The van der Waals surface area contributed by atoms with Crippen LogP contribution in [0.5, 0.6) is 5.88 Å². The van der Waals surface area contributed by atoms with E-state index in [0.717, 1.165) is 23.9 Å². The Hall–Kier alpha value is -1.36. The third-order valence-electron chi connectivity index (χ3n) is 2.84. The molecule has 1 N–H and O–H groups in total. The Kier molecular flexibility index (Phi) is 4.14. The van der Waals surface area contributed by atoms with Gasteiger partial charge in [-0.3, -0.25) is 0 Å². The predicted molar refractivity (Wildman–Crippen MR) is 72.4 cm³/mol. The molecule has 1 saturated heterocycles. The van der Waals surface area contributed by atoms with E-state index in [9.17, 15) is 0 Å². The number of anilines is 1. The van der Waals surface area contributed by atoms with E-state index in [-0.39, 0.29) is 0 Å². The van der Waals surface area contributed by atoms with E-state index < -0.39 is 0 Å². The first-order valence-corrected chi connectivity index (χ1v) is 6.26. The molecule has 2 rings (SSSR count). The first-order valence-electron chi connectivity index (χ1n) is 5.85. The molecule has 0 spiro atoms. The third kappa shape index (κ3) is 3.30. The van der Waals surface area contributed by atoms with Gasteiger partial charge in [0.15, 0.2) is 5.11 Å². The number of pyridine rings is 1. The van der Waals surface area contributed by atoms with Gasteiger partial charge in [0.2, 0.25) is 5.88 Å². The van der Waals surface area contributed by atoms with E-state index in [1.807, 2.05) is 12.1 Å². The molecule has 1 aromatic heterocycles. The van der Waals surface area contributed by atoms with Crippen molar-refractivity contribution in [3.8, 4) is 5.88 Å². The fourth-order valence-corrected chi connectivity index (χ4v) is 2.17. The summed E-state index contributed by atoms with van der Waals surface area (Å²) in [5.74, 6) is 0.611. The van der Waals surface area contributed by atoms with Crippen molar-refractivity contribution in [2.75, 3.05) is 25.5 Å². The van der Waals surface area contributed by atoms with Gasteiger partial charge in [0, 0.05) is 19.2 Å². The summed E-state index contributed by atoms with van der Waals surface area (Å²) < 4.78 is 5.01. The van der Waals surface area contributed by atoms with E-state index in [2.05, 4.69) is 15.2 Å². The van der Waals surface area contributed by atoms with Gasteiger partial charge in [0.05, 0.1) is 19.0 Å². The van der Waals surface area contributed by atoms with Crippen LogP contribution in [0.25, 0.3) is 0 Å². The molecule has 17 heavy (non-hydrogen) atoms. The zero-order valence-electron chi connectivity index (χ0n) is 9.98. The SMILES string of the molecule is COc1ccc(NC(=S)N2CCCCC2)cn1. The molecule has 0 amide bonds. The van der Waals surface area contributed by atoms with Crippen molar-refractivity contribution < 1.29 is 4.74 Å². The average Bonchev–Trinajstić information content (AvgIpc) is 2.40. The van der Waals surface area contributed by atoms with Crippen molar-refractivity contribution in [1.29, 1.82) is 0 Å². The molecule has 2 heterocycles. The minimum atomic E-state index is 0.611. The number of likely N-dealkylation sites (tertiary alicyclic amines) is 1. The number of nitrogens with zero attached hydrogens (tertiary/aromatic N) is 2. The maximum Gasteiger partial charge on any atom is 0.213 e. The van der Waals surface area contributed by atoms with Crippen LogP contribution in [-0.4, -0.2) is 35.2 Å². The molecule has 1 aromatic rings. The molecule has 0 bridgehead atoms. The van der Waals surface area contributed by atoms with Crippen LogP contribution in [0.2, 0.25) is 0 Å². The summed E-state index contributed by atoms with van der Waals surface area (Å²) in [5.41, 5.74) is 0.904. The number of hydrogen-bond donors (Lipinski definition) is 1. The highest BCUT2D eigenvalue weighted by atomic mass is 32.1. The second-order valence-corrected chi connectivity index (χ2v) is 4.45. The number of ether oxygens (including phenoxy) is 1. The second-order valence-electron chi connectivity index (χ2n) is 4.07. The maximum absolute atomic E-state index is 5.37. The molecule has 0 aromatic carbocycles. The van der Waals surface area contributed by atoms with Gasteiger partial charge in [-0.15, -0.1) is 0 Å². The Balaban J connectivity index is 1.92. The Labute approximate surface area is 107 Å². The van der Waals surface area contributed by atoms with Gasteiger partial charge in [0.1, 0.15) is 0 Å². The molecule has 0 unspecified atom stereocenters. The number of piperidine rings is 1. The van der Waals surface area contributed by atoms with Gasteiger partial charge in [-0.25, -0.2) is 4.98 Å². The predicted octanol–water partition coefficient (Wildman–Crippen LogP) is 2.27. The minimum absolute atomic E-state index is 0.611. The van der Waals surface area contributed by atoms with E-state index in [1.165, 1.54) is 19.3 Å². The summed E-state index contributed by atoms with van der Waals surface area (Å²) in [6.45, 7) is 2.10. The van der Waals surface area contributed by atoms with Gasteiger partial charge < -0.3 is 15.0 Å². The topological polar surface area (TPSA) is 37.4 Å². The fourth-order valence-electron chi connectivity index (χ4n) is 1.87. The smallest absolute Gasteiger partial charge is 0.213 e. The normalized spacial score (nSPS) is 15.5. The first-order chi connectivity index (χ1) is 8.29. The van der Waals surface area contributed by atoms with Gasteiger partial charge in [-0.1, -0.05) is 0 Å². The van der Waals surface area contributed by atoms with Crippen molar-refractivity contribution in [3.05, 3.63) is 18.3 Å². The minimum Gasteiger partial charge on any atom is -0.481 e. The highest BCUT2D eigenvalue weighted by Crippen LogP contribution is 2.14. The molecular formula is C12H17N3OS. The number of methoxy groups -OCH3 is 1. The highest BCUT2D eigenvalue weighted by Gasteiger charge is 2.13. The van der Waals surface area contributed by atoms with Crippen molar-refractivity contribution in [3.63, 3.8) is 0 Å². The fraction of sp³-hybridized carbons (Fsp3) is 0.500. The lowest BCUT2D eigenvalue weighted by Gasteiger charge is -2.29. The lowest BCUT2D eigenvalue weighted by molar-refractivity contribution is 0.346. The maximum atomic E-state index is 5.37. The first kappa shape index (κ1) is 12.1. The van der Waals surface area contributed by atoms with Crippen LogP contribution in [0.15, 0.2) is 18.3 Å². The van der Waals surface area contributed by atoms with E-state index >= 15 is 0 Å². The quantitative estimate of drug-likeness (QED) is 0.816. The van der Waals surface area contributed by atoms with Gasteiger partial charge in [-0.05, 0) is 37.5 Å². The molecule has 0 aliphatic carbocycles. The number of thiocarbonyl (C=S) groups is 1. The van der Waals surface area contributed by atoms with Gasteiger partial charge >= 0.3 is 0 Å². The van der Waals surface area contributed by atoms with Crippen LogP contribution in [0.3, 0.4) is 0 Å². The zero-order chi connectivity index (χ0) is 12.1. The molecule has 4 nitrogen and oxygen atoms in total. The molecule has 0 radical (unpaired) electrons. The standard InChI is InChI=1S/C12H17N3OS/c1-16-11-6-5-10(9-13-11)14-12(17)15-7-3-2-4-8-15/h5-6,9H,2-4,7-8H2,1H3,(H,14,17). The lowest BCUT2D eigenvalue weighted by Crippen LogP contribution is -2.38. The Morgan fingerprint density at radius 2 is 2.12 bits per heavy atom. The summed E-state index contributed by atoms with van der Waals surface area (Å²) >= 11 is 5.37. The van der Waals surface area contributed by atoms with Gasteiger partial charge in [-0.2, -0.15) is 0 Å². The number of aromatic nitrogens is 1. The molecule has 0 saturated carbocycles. The molecule has 1 aliphatic rings. The van der Waals surface area contributed by atoms with Crippen LogP contribution in [0.1, 0.15) is 19.3 Å². The summed E-state index contributed by atoms with van der Waals surface area (Å²) in [5, 5.41) is 3.99. The lowest BCUT2D eigenvalue weighted by atomic mass is 10.1. The summed E-state index contributed by atoms with van der Waals surface area (Å²) in [4.78, 5) is 6.34. The van der Waals surface area contributed by atoms with Crippen LogP contribution >= 0.6 is 12.2 Å². The van der Waals surface area contributed by atoms with E-state index in [4.69, 9.17) is 17.0 Å². The zero-order valence-corrected chi connectivity index (χ0v) is 10.8. The molecule has 92 valence electrons. The monoisotopic (exact) mass is 251 g/mol.